The number of hydrogen-bond donors (Lipinski definition) is 2. The summed E-state index contributed by atoms with van der Waals surface area (Å²) >= 11 is 5.94. The number of fused-ring (bicyclic) bond motifs is 1. The van der Waals surface area contributed by atoms with Gasteiger partial charge in [0.1, 0.15) is 11.4 Å². The van der Waals surface area contributed by atoms with E-state index in [9.17, 15) is 13.2 Å². The van der Waals surface area contributed by atoms with Gasteiger partial charge in [0.05, 0.1) is 4.90 Å². The van der Waals surface area contributed by atoms with Crippen LogP contribution in [0.15, 0.2) is 82.2 Å². The van der Waals surface area contributed by atoms with Crippen LogP contribution in [0.4, 0.5) is 11.5 Å². The molecule has 0 atom stereocenters. The molecule has 0 aliphatic carbocycles. The molecule has 0 spiro atoms. The quantitative estimate of drug-likeness (QED) is 0.487. The van der Waals surface area contributed by atoms with Crippen molar-refractivity contribution < 1.29 is 17.6 Å². The van der Waals surface area contributed by atoms with Gasteiger partial charge in [-0.2, -0.15) is 0 Å². The second kappa shape index (κ2) is 7.57. The van der Waals surface area contributed by atoms with E-state index < -0.39 is 15.9 Å². The molecule has 0 aliphatic heterocycles. The summed E-state index contributed by atoms with van der Waals surface area (Å²) in [6.07, 6.45) is 1.49. The van der Waals surface area contributed by atoms with E-state index in [0.29, 0.717) is 21.7 Å². The van der Waals surface area contributed by atoms with Gasteiger partial charge in [0, 0.05) is 22.3 Å². The van der Waals surface area contributed by atoms with Crippen molar-refractivity contribution in [2.75, 3.05) is 10.0 Å². The van der Waals surface area contributed by atoms with Crippen LogP contribution in [-0.2, 0) is 10.0 Å². The predicted molar refractivity (Wildman–Crippen MR) is 111 cm³/mol. The lowest BCUT2D eigenvalue weighted by molar-refractivity contribution is 0.0998. The molecule has 0 radical (unpaired) electrons. The summed E-state index contributed by atoms with van der Waals surface area (Å²) in [6, 6.07) is 17.3. The summed E-state index contributed by atoms with van der Waals surface area (Å²) in [6.45, 7) is 0. The topological polar surface area (TPSA) is 101 Å². The lowest BCUT2D eigenvalue weighted by atomic mass is 10.2. The standard InChI is InChI=1S/C20H14ClN3O4S/c21-14-4-9-17-13(11-14)12-18(28-17)20(25)23-15-5-7-16(8-6-15)29(26,27)24-19-3-1-2-10-22-19/h1-12H,(H,22,24)(H,23,25). The minimum Gasteiger partial charge on any atom is -0.451 e. The fourth-order valence-electron chi connectivity index (χ4n) is 2.66. The molecule has 9 heteroatoms. The largest absolute Gasteiger partial charge is 0.451 e. The van der Waals surface area contributed by atoms with Crippen molar-refractivity contribution >= 4 is 50.0 Å². The normalized spacial score (nSPS) is 11.3. The Labute approximate surface area is 171 Å². The number of pyridine rings is 1. The number of benzene rings is 2. The minimum absolute atomic E-state index is 0.0412. The van der Waals surface area contributed by atoms with Gasteiger partial charge in [0.25, 0.3) is 15.9 Å². The molecule has 0 aliphatic rings. The van der Waals surface area contributed by atoms with Crippen LogP contribution in [0.3, 0.4) is 0 Å². The Hall–Kier alpha value is -3.36. The number of furan rings is 1. The van der Waals surface area contributed by atoms with Crippen molar-refractivity contribution in [3.05, 3.63) is 83.7 Å². The molecule has 29 heavy (non-hydrogen) atoms. The number of anilines is 2. The van der Waals surface area contributed by atoms with Crippen LogP contribution in [0.25, 0.3) is 11.0 Å². The van der Waals surface area contributed by atoms with Gasteiger partial charge in [-0.05, 0) is 60.7 Å². The predicted octanol–water partition coefficient (Wildman–Crippen LogP) is 4.53. The molecular formula is C20H14ClN3O4S. The SMILES string of the molecule is O=C(Nc1ccc(S(=O)(=O)Nc2ccccn2)cc1)c1cc2cc(Cl)ccc2o1. The average Bonchev–Trinajstić information content (AvgIpc) is 3.12. The lowest BCUT2D eigenvalue weighted by Gasteiger charge is -2.08. The first-order valence-electron chi connectivity index (χ1n) is 8.45. The number of hydrogen-bond acceptors (Lipinski definition) is 5. The van der Waals surface area contributed by atoms with E-state index in [0.717, 1.165) is 0 Å². The minimum atomic E-state index is -3.79. The van der Waals surface area contributed by atoms with Crippen LogP contribution in [-0.4, -0.2) is 19.3 Å². The highest BCUT2D eigenvalue weighted by atomic mass is 35.5. The van der Waals surface area contributed by atoms with Gasteiger partial charge >= 0.3 is 0 Å². The number of aromatic nitrogens is 1. The van der Waals surface area contributed by atoms with Gasteiger partial charge in [-0.15, -0.1) is 0 Å². The third-order valence-electron chi connectivity index (χ3n) is 4.03. The van der Waals surface area contributed by atoms with E-state index in [1.54, 1.807) is 42.5 Å². The van der Waals surface area contributed by atoms with Gasteiger partial charge in [-0.1, -0.05) is 17.7 Å². The Bertz CT molecular complexity index is 1290. The average molecular weight is 428 g/mol. The molecule has 146 valence electrons. The maximum atomic E-state index is 12.4. The monoisotopic (exact) mass is 427 g/mol. The molecule has 0 saturated heterocycles. The molecule has 4 aromatic rings. The van der Waals surface area contributed by atoms with Crippen molar-refractivity contribution in [2.45, 2.75) is 4.90 Å². The summed E-state index contributed by atoms with van der Waals surface area (Å²) in [7, 11) is -3.79. The Balaban J connectivity index is 1.49. The summed E-state index contributed by atoms with van der Waals surface area (Å²) in [5.74, 6) is -0.120. The first kappa shape index (κ1) is 19.0. The van der Waals surface area contributed by atoms with Gasteiger partial charge in [0.2, 0.25) is 0 Å². The Morgan fingerprint density at radius 1 is 1.00 bits per heavy atom. The zero-order valence-electron chi connectivity index (χ0n) is 14.8. The number of amides is 1. The third-order valence-corrected chi connectivity index (χ3v) is 5.63. The summed E-state index contributed by atoms with van der Waals surface area (Å²) < 4.78 is 32.7. The molecule has 7 nitrogen and oxygen atoms in total. The second-order valence-corrected chi connectivity index (χ2v) is 8.21. The lowest BCUT2D eigenvalue weighted by Crippen LogP contribution is -2.14. The molecule has 2 aromatic heterocycles. The maximum absolute atomic E-state index is 12.4. The van der Waals surface area contributed by atoms with Crippen molar-refractivity contribution in [1.82, 2.24) is 4.98 Å². The van der Waals surface area contributed by atoms with E-state index in [1.165, 1.54) is 30.5 Å². The third kappa shape index (κ3) is 4.23. The van der Waals surface area contributed by atoms with E-state index >= 15 is 0 Å². The molecule has 0 bridgehead atoms. The number of rotatable bonds is 5. The zero-order valence-corrected chi connectivity index (χ0v) is 16.4. The molecule has 2 heterocycles. The molecule has 4 rings (SSSR count). The molecular weight excluding hydrogens is 414 g/mol. The van der Waals surface area contributed by atoms with Gasteiger partial charge < -0.3 is 9.73 Å². The summed E-state index contributed by atoms with van der Waals surface area (Å²) in [5.41, 5.74) is 0.965. The Morgan fingerprint density at radius 2 is 1.79 bits per heavy atom. The smallest absolute Gasteiger partial charge is 0.291 e. The fraction of sp³-hybridized carbons (Fsp3) is 0. The van der Waals surface area contributed by atoms with Crippen molar-refractivity contribution in [3.8, 4) is 0 Å². The molecule has 1 amide bonds. The van der Waals surface area contributed by atoms with E-state index in [-0.39, 0.29) is 16.5 Å². The molecule has 0 saturated carbocycles. The molecule has 0 fully saturated rings. The first-order valence-corrected chi connectivity index (χ1v) is 10.3. The van der Waals surface area contributed by atoms with Gasteiger partial charge in [-0.25, -0.2) is 13.4 Å². The molecule has 2 N–H and O–H groups in total. The van der Waals surface area contributed by atoms with Crippen molar-refractivity contribution in [3.63, 3.8) is 0 Å². The molecule has 2 aromatic carbocycles. The molecule has 0 unspecified atom stereocenters. The highest BCUT2D eigenvalue weighted by Crippen LogP contribution is 2.24. The number of sulfonamides is 1. The summed E-state index contributed by atoms with van der Waals surface area (Å²) in [5, 5.41) is 3.92. The van der Waals surface area contributed by atoms with E-state index in [1.807, 2.05) is 0 Å². The number of nitrogens with one attached hydrogen (secondary N) is 2. The number of halogens is 1. The van der Waals surface area contributed by atoms with Gasteiger partial charge in [0.15, 0.2) is 5.76 Å². The fourth-order valence-corrected chi connectivity index (χ4v) is 3.84. The van der Waals surface area contributed by atoms with Gasteiger partial charge in [-0.3, -0.25) is 9.52 Å². The summed E-state index contributed by atoms with van der Waals surface area (Å²) in [4.78, 5) is 16.4. The number of carbonyl (C=O) groups is 1. The van der Waals surface area contributed by atoms with Crippen LogP contribution in [0.5, 0.6) is 0 Å². The van der Waals surface area contributed by atoms with Crippen LogP contribution in [0.2, 0.25) is 5.02 Å². The Kier molecular flexibility index (Phi) is 4.96. The van der Waals surface area contributed by atoms with E-state index in [4.69, 9.17) is 16.0 Å². The van der Waals surface area contributed by atoms with Crippen LogP contribution in [0.1, 0.15) is 10.6 Å². The van der Waals surface area contributed by atoms with Crippen LogP contribution >= 0.6 is 11.6 Å². The second-order valence-electron chi connectivity index (χ2n) is 6.09. The Morgan fingerprint density at radius 3 is 2.52 bits per heavy atom. The van der Waals surface area contributed by atoms with Crippen molar-refractivity contribution in [2.24, 2.45) is 0 Å². The zero-order chi connectivity index (χ0) is 20.4. The van der Waals surface area contributed by atoms with E-state index in [2.05, 4.69) is 15.0 Å². The highest BCUT2D eigenvalue weighted by Gasteiger charge is 2.16. The first-order chi connectivity index (χ1) is 13.9. The van der Waals surface area contributed by atoms with Crippen molar-refractivity contribution in [1.29, 1.82) is 0 Å². The highest BCUT2D eigenvalue weighted by molar-refractivity contribution is 7.92. The van der Waals surface area contributed by atoms with Crippen LogP contribution < -0.4 is 10.0 Å². The van der Waals surface area contributed by atoms with Crippen LogP contribution in [0, 0.1) is 0 Å². The number of carbonyl (C=O) groups excluding carboxylic acids is 1. The number of nitrogens with zero attached hydrogens (tertiary/aromatic N) is 1. The maximum Gasteiger partial charge on any atom is 0.291 e.